The van der Waals surface area contributed by atoms with Crippen molar-refractivity contribution in [2.24, 2.45) is 0 Å². The standard InChI is InChI=1S/C10H16N10O2S2/c1-5(21)11-7(9-13-17-18-14-9)3-23-24-4-8(12-6(2)22)10-15-19-20-16-10/h7-8H,3-4H2,1-2H3,(H,11,21)(H,12,22)(H,13,14,17,18)(H,15,16,19,20)/t7-,8-/m0/s1. The Bertz CT molecular complexity index is 578. The molecule has 24 heavy (non-hydrogen) atoms. The molecular weight excluding hydrogens is 356 g/mol. The fourth-order valence-corrected chi connectivity index (χ4v) is 4.04. The SMILES string of the molecule is CC(=O)N[C@@H](CSSC[C@H](NC(C)=O)c1nn[nH]n1)c1nn[nH]n1. The monoisotopic (exact) mass is 372 g/mol. The molecule has 14 heteroatoms. The van der Waals surface area contributed by atoms with Gasteiger partial charge >= 0.3 is 0 Å². The van der Waals surface area contributed by atoms with E-state index in [4.69, 9.17) is 0 Å². The fourth-order valence-electron chi connectivity index (χ4n) is 1.72. The molecule has 2 amide bonds. The molecule has 0 aliphatic carbocycles. The number of nitrogens with one attached hydrogen (secondary N) is 4. The van der Waals surface area contributed by atoms with Crippen LogP contribution in [0.5, 0.6) is 0 Å². The minimum atomic E-state index is -0.358. The lowest BCUT2D eigenvalue weighted by molar-refractivity contribution is -0.120. The third kappa shape index (κ3) is 5.77. The van der Waals surface area contributed by atoms with Crippen LogP contribution in [0.1, 0.15) is 37.6 Å². The van der Waals surface area contributed by atoms with Crippen LogP contribution in [0.4, 0.5) is 0 Å². The maximum atomic E-state index is 11.3. The number of H-pyrrole nitrogens is 2. The first-order valence-electron chi connectivity index (χ1n) is 6.81. The summed E-state index contributed by atoms with van der Waals surface area (Å²) in [7, 11) is 2.99. The van der Waals surface area contributed by atoms with Gasteiger partial charge in [0.05, 0.1) is 0 Å². The van der Waals surface area contributed by atoms with Crippen molar-refractivity contribution in [3.63, 3.8) is 0 Å². The molecule has 0 radical (unpaired) electrons. The summed E-state index contributed by atoms with van der Waals surface area (Å²) in [6.45, 7) is 2.85. The molecule has 0 aliphatic heterocycles. The van der Waals surface area contributed by atoms with Crippen molar-refractivity contribution in [2.45, 2.75) is 25.9 Å². The summed E-state index contributed by atoms with van der Waals surface area (Å²) in [5.41, 5.74) is 0. The van der Waals surface area contributed by atoms with Gasteiger partial charge in [0.1, 0.15) is 12.1 Å². The van der Waals surface area contributed by atoms with Crippen molar-refractivity contribution in [2.75, 3.05) is 11.5 Å². The number of hydrogen-bond donors (Lipinski definition) is 4. The lowest BCUT2D eigenvalue weighted by Crippen LogP contribution is -2.29. The van der Waals surface area contributed by atoms with Gasteiger partial charge in [0.2, 0.25) is 11.8 Å². The van der Waals surface area contributed by atoms with Crippen LogP contribution in [-0.4, -0.2) is 64.6 Å². The Hall–Kier alpha value is -2.22. The van der Waals surface area contributed by atoms with E-state index in [0.717, 1.165) is 0 Å². The molecule has 2 aromatic rings. The Morgan fingerprint density at radius 1 is 0.917 bits per heavy atom. The molecule has 0 aromatic carbocycles. The Labute approximate surface area is 144 Å². The average molecular weight is 372 g/mol. The Kier molecular flexibility index (Phi) is 6.92. The molecular formula is C10H16N10O2S2. The number of aromatic nitrogens is 8. The summed E-state index contributed by atoms with van der Waals surface area (Å²) >= 11 is 0. The number of rotatable bonds is 9. The summed E-state index contributed by atoms with van der Waals surface area (Å²) in [4.78, 5) is 22.6. The van der Waals surface area contributed by atoms with E-state index in [-0.39, 0.29) is 23.9 Å². The first kappa shape index (κ1) is 18.1. The minimum absolute atomic E-state index is 0.182. The van der Waals surface area contributed by atoms with E-state index in [1.54, 1.807) is 0 Å². The first-order valence-corrected chi connectivity index (χ1v) is 9.30. The summed E-state index contributed by atoms with van der Waals surface area (Å²) < 4.78 is 0. The Balaban J connectivity index is 1.84. The van der Waals surface area contributed by atoms with E-state index in [9.17, 15) is 9.59 Å². The Morgan fingerprint density at radius 3 is 1.62 bits per heavy atom. The number of tetrazole rings is 2. The second kappa shape index (κ2) is 9.17. The van der Waals surface area contributed by atoms with Gasteiger partial charge in [-0.05, 0) is 0 Å². The molecule has 12 nitrogen and oxygen atoms in total. The van der Waals surface area contributed by atoms with Crippen molar-refractivity contribution >= 4 is 33.4 Å². The normalized spacial score (nSPS) is 13.2. The molecule has 4 N–H and O–H groups in total. The second-order valence-electron chi connectivity index (χ2n) is 4.62. The molecule has 0 aliphatic rings. The molecule has 2 aromatic heterocycles. The first-order chi connectivity index (χ1) is 11.6. The molecule has 130 valence electrons. The quantitative estimate of drug-likeness (QED) is 0.321. The number of aromatic amines is 2. The molecule has 0 bridgehead atoms. The number of amides is 2. The predicted molar refractivity (Wildman–Crippen MR) is 86.4 cm³/mol. The number of carbonyl (C=O) groups is 2. The van der Waals surface area contributed by atoms with Gasteiger partial charge < -0.3 is 10.6 Å². The van der Waals surface area contributed by atoms with Crippen LogP contribution in [0.25, 0.3) is 0 Å². The fraction of sp³-hybridized carbons (Fsp3) is 0.600. The van der Waals surface area contributed by atoms with Gasteiger partial charge in [0, 0.05) is 25.4 Å². The summed E-state index contributed by atoms with van der Waals surface area (Å²) in [6.07, 6.45) is 0. The topological polar surface area (TPSA) is 167 Å². The van der Waals surface area contributed by atoms with Crippen molar-refractivity contribution < 1.29 is 9.59 Å². The number of nitrogens with zero attached hydrogens (tertiary/aromatic N) is 6. The van der Waals surface area contributed by atoms with Crippen LogP contribution in [0.2, 0.25) is 0 Å². The smallest absolute Gasteiger partial charge is 0.217 e. The highest BCUT2D eigenvalue weighted by molar-refractivity contribution is 8.76. The molecule has 0 spiro atoms. The molecule has 2 heterocycles. The van der Waals surface area contributed by atoms with E-state index in [1.807, 2.05) is 0 Å². The van der Waals surface area contributed by atoms with Crippen LogP contribution in [0.3, 0.4) is 0 Å². The van der Waals surface area contributed by atoms with Crippen LogP contribution in [0, 0.1) is 0 Å². The van der Waals surface area contributed by atoms with E-state index >= 15 is 0 Å². The van der Waals surface area contributed by atoms with E-state index < -0.39 is 0 Å². The highest BCUT2D eigenvalue weighted by Gasteiger charge is 2.20. The van der Waals surface area contributed by atoms with Crippen LogP contribution < -0.4 is 10.6 Å². The molecule has 0 saturated carbocycles. The summed E-state index contributed by atoms with van der Waals surface area (Å²) in [5.74, 6) is 1.52. The molecule has 0 saturated heterocycles. The molecule has 0 unspecified atom stereocenters. The third-order valence-corrected chi connectivity index (χ3v) is 5.08. The van der Waals surface area contributed by atoms with Gasteiger partial charge in [-0.1, -0.05) is 32.0 Å². The van der Waals surface area contributed by atoms with Gasteiger partial charge in [0.25, 0.3) is 0 Å². The van der Waals surface area contributed by atoms with E-state index in [2.05, 4.69) is 51.9 Å². The number of carbonyl (C=O) groups excluding carboxylic acids is 2. The summed E-state index contributed by atoms with van der Waals surface area (Å²) in [6, 6.07) is -0.716. The van der Waals surface area contributed by atoms with Gasteiger partial charge in [-0.15, -0.1) is 20.4 Å². The zero-order valence-electron chi connectivity index (χ0n) is 12.9. The number of hydrogen-bond acceptors (Lipinski definition) is 10. The van der Waals surface area contributed by atoms with Crippen molar-refractivity contribution in [3.05, 3.63) is 11.6 Å². The largest absolute Gasteiger partial charge is 0.345 e. The second-order valence-corrected chi connectivity index (χ2v) is 7.17. The van der Waals surface area contributed by atoms with Gasteiger partial charge in [-0.3, -0.25) is 9.59 Å². The van der Waals surface area contributed by atoms with Crippen molar-refractivity contribution in [1.29, 1.82) is 0 Å². The van der Waals surface area contributed by atoms with Gasteiger partial charge in [-0.25, -0.2) is 0 Å². The van der Waals surface area contributed by atoms with Crippen molar-refractivity contribution in [1.82, 2.24) is 51.9 Å². The Morgan fingerprint density at radius 2 is 1.33 bits per heavy atom. The molecule has 0 fully saturated rings. The van der Waals surface area contributed by atoms with E-state index in [1.165, 1.54) is 35.4 Å². The maximum Gasteiger partial charge on any atom is 0.217 e. The average Bonchev–Trinajstić information content (AvgIpc) is 3.21. The van der Waals surface area contributed by atoms with Crippen LogP contribution >= 0.6 is 21.6 Å². The van der Waals surface area contributed by atoms with Crippen LogP contribution in [0.15, 0.2) is 0 Å². The zero-order chi connectivity index (χ0) is 17.4. The minimum Gasteiger partial charge on any atom is -0.345 e. The highest BCUT2D eigenvalue weighted by Crippen LogP contribution is 2.29. The third-order valence-electron chi connectivity index (χ3n) is 2.65. The molecule has 2 rings (SSSR count). The van der Waals surface area contributed by atoms with Crippen molar-refractivity contribution in [3.8, 4) is 0 Å². The zero-order valence-corrected chi connectivity index (χ0v) is 14.5. The highest BCUT2D eigenvalue weighted by atomic mass is 33.1. The van der Waals surface area contributed by atoms with E-state index in [0.29, 0.717) is 23.2 Å². The lowest BCUT2D eigenvalue weighted by atomic mass is 10.3. The molecule has 2 atom stereocenters. The van der Waals surface area contributed by atoms with Gasteiger partial charge in [-0.2, -0.15) is 10.4 Å². The van der Waals surface area contributed by atoms with Crippen LogP contribution in [-0.2, 0) is 9.59 Å². The maximum absolute atomic E-state index is 11.3. The lowest BCUT2D eigenvalue weighted by Gasteiger charge is -2.15. The predicted octanol–water partition coefficient (Wildman–Crippen LogP) is -0.851. The summed E-state index contributed by atoms with van der Waals surface area (Å²) in [5, 5.41) is 32.8. The van der Waals surface area contributed by atoms with Gasteiger partial charge in [0.15, 0.2) is 11.6 Å².